The first-order valence-electron chi connectivity index (χ1n) is 5.64. The maximum atomic E-state index is 8.91. The molecule has 3 heteroatoms. The SMILES string of the molecule is C/C(=N\O)c1ccc2c(Cl)ccc3c2c1CC3. The highest BCUT2D eigenvalue weighted by Gasteiger charge is 2.19. The molecule has 2 aromatic rings. The van der Waals surface area contributed by atoms with E-state index in [9.17, 15) is 0 Å². The molecule has 0 fully saturated rings. The Bertz CT molecular complexity index is 646. The third kappa shape index (κ3) is 1.44. The Balaban J connectivity index is 2.42. The van der Waals surface area contributed by atoms with E-state index in [0.29, 0.717) is 5.71 Å². The standard InChI is InChI=1S/C14H12ClNO/c1-8(16-17)10-5-6-12-13(15)7-3-9-2-4-11(10)14(9)12/h3,5-7,17H,2,4H2,1H3/b16-8+. The van der Waals surface area contributed by atoms with Crippen molar-refractivity contribution in [2.24, 2.45) is 5.16 Å². The summed E-state index contributed by atoms with van der Waals surface area (Å²) < 4.78 is 0. The van der Waals surface area contributed by atoms with Crippen molar-refractivity contribution in [2.45, 2.75) is 19.8 Å². The average molecular weight is 246 g/mol. The lowest BCUT2D eigenvalue weighted by molar-refractivity contribution is 0.319. The van der Waals surface area contributed by atoms with E-state index in [-0.39, 0.29) is 0 Å². The van der Waals surface area contributed by atoms with E-state index in [1.807, 2.05) is 25.1 Å². The van der Waals surface area contributed by atoms with Crippen LogP contribution < -0.4 is 0 Å². The van der Waals surface area contributed by atoms with Crippen LogP contribution in [-0.4, -0.2) is 10.9 Å². The molecule has 0 saturated carbocycles. The third-order valence-corrected chi connectivity index (χ3v) is 3.84. The monoisotopic (exact) mass is 245 g/mol. The molecule has 0 atom stereocenters. The van der Waals surface area contributed by atoms with Crippen molar-refractivity contribution in [2.75, 3.05) is 0 Å². The topological polar surface area (TPSA) is 32.6 Å². The minimum Gasteiger partial charge on any atom is -0.411 e. The summed E-state index contributed by atoms with van der Waals surface area (Å²) in [7, 11) is 0. The van der Waals surface area contributed by atoms with Gasteiger partial charge in [-0.15, -0.1) is 0 Å². The van der Waals surface area contributed by atoms with Crippen molar-refractivity contribution < 1.29 is 5.21 Å². The van der Waals surface area contributed by atoms with Gasteiger partial charge < -0.3 is 5.21 Å². The van der Waals surface area contributed by atoms with E-state index < -0.39 is 0 Å². The van der Waals surface area contributed by atoms with E-state index in [4.69, 9.17) is 16.8 Å². The molecule has 1 aliphatic rings. The van der Waals surface area contributed by atoms with E-state index in [0.717, 1.165) is 28.8 Å². The number of halogens is 1. The van der Waals surface area contributed by atoms with Crippen LogP contribution in [0.25, 0.3) is 10.8 Å². The first-order valence-corrected chi connectivity index (χ1v) is 6.02. The normalized spacial score (nSPS) is 14.6. The van der Waals surface area contributed by atoms with Crippen molar-refractivity contribution in [1.29, 1.82) is 0 Å². The molecule has 0 aliphatic heterocycles. The third-order valence-electron chi connectivity index (χ3n) is 3.51. The number of aryl methyl sites for hydroxylation is 2. The molecule has 86 valence electrons. The van der Waals surface area contributed by atoms with Crippen molar-refractivity contribution >= 4 is 28.1 Å². The Kier molecular flexibility index (Phi) is 2.33. The molecule has 2 nitrogen and oxygen atoms in total. The maximum absolute atomic E-state index is 8.91. The summed E-state index contributed by atoms with van der Waals surface area (Å²) in [5.41, 5.74) is 4.29. The molecule has 0 heterocycles. The zero-order chi connectivity index (χ0) is 12.0. The first-order chi connectivity index (χ1) is 8.22. The summed E-state index contributed by atoms with van der Waals surface area (Å²) in [4.78, 5) is 0. The van der Waals surface area contributed by atoms with Crippen LogP contribution in [0.4, 0.5) is 0 Å². The lowest BCUT2D eigenvalue weighted by Gasteiger charge is -2.08. The molecular weight excluding hydrogens is 234 g/mol. The van der Waals surface area contributed by atoms with Gasteiger partial charge >= 0.3 is 0 Å². The van der Waals surface area contributed by atoms with E-state index in [2.05, 4.69) is 11.2 Å². The van der Waals surface area contributed by atoms with Crippen molar-refractivity contribution in [3.63, 3.8) is 0 Å². The number of hydrogen-bond donors (Lipinski definition) is 1. The zero-order valence-electron chi connectivity index (χ0n) is 9.50. The van der Waals surface area contributed by atoms with Crippen LogP contribution >= 0.6 is 11.6 Å². The van der Waals surface area contributed by atoms with Gasteiger partial charge in [-0.2, -0.15) is 0 Å². The summed E-state index contributed by atoms with van der Waals surface area (Å²) in [6.45, 7) is 1.82. The Morgan fingerprint density at radius 2 is 2.06 bits per heavy atom. The lowest BCUT2D eigenvalue weighted by atomic mass is 9.98. The van der Waals surface area contributed by atoms with Crippen molar-refractivity contribution in [3.8, 4) is 0 Å². The largest absolute Gasteiger partial charge is 0.411 e. The molecule has 1 aliphatic carbocycles. The Hall–Kier alpha value is -1.54. The predicted molar refractivity (Wildman–Crippen MR) is 70.4 cm³/mol. The van der Waals surface area contributed by atoms with Gasteiger partial charge in [-0.25, -0.2) is 0 Å². The van der Waals surface area contributed by atoms with Gasteiger partial charge in [0.15, 0.2) is 0 Å². The smallest absolute Gasteiger partial charge is 0.0839 e. The molecule has 0 bridgehead atoms. The lowest BCUT2D eigenvalue weighted by Crippen LogP contribution is -1.99. The summed E-state index contributed by atoms with van der Waals surface area (Å²) in [5.74, 6) is 0. The van der Waals surface area contributed by atoms with Crippen LogP contribution in [0, 0.1) is 0 Å². The van der Waals surface area contributed by atoms with Gasteiger partial charge in [-0.1, -0.05) is 35.0 Å². The van der Waals surface area contributed by atoms with Gasteiger partial charge in [0, 0.05) is 16.0 Å². The van der Waals surface area contributed by atoms with Gasteiger partial charge in [0.1, 0.15) is 0 Å². The summed E-state index contributed by atoms with van der Waals surface area (Å²) in [6.07, 6.45) is 2.04. The van der Waals surface area contributed by atoms with Gasteiger partial charge in [-0.05, 0) is 42.3 Å². The number of benzene rings is 2. The van der Waals surface area contributed by atoms with Crippen LogP contribution in [0.5, 0.6) is 0 Å². The van der Waals surface area contributed by atoms with Crippen LogP contribution in [0.1, 0.15) is 23.6 Å². The number of hydrogen-bond acceptors (Lipinski definition) is 2. The second kappa shape index (κ2) is 3.74. The summed E-state index contributed by atoms with van der Waals surface area (Å²) in [6, 6.07) is 8.06. The summed E-state index contributed by atoms with van der Waals surface area (Å²) >= 11 is 6.21. The van der Waals surface area contributed by atoms with Gasteiger partial charge in [-0.3, -0.25) is 0 Å². The highest BCUT2D eigenvalue weighted by Crippen LogP contribution is 2.36. The first kappa shape index (κ1) is 10.6. The zero-order valence-corrected chi connectivity index (χ0v) is 10.3. The molecule has 3 rings (SSSR count). The van der Waals surface area contributed by atoms with Crippen LogP contribution in [0.3, 0.4) is 0 Å². The van der Waals surface area contributed by atoms with Crippen molar-refractivity contribution in [3.05, 3.63) is 46.0 Å². The molecule has 0 unspecified atom stereocenters. The maximum Gasteiger partial charge on any atom is 0.0839 e. The van der Waals surface area contributed by atoms with Gasteiger partial charge in [0.25, 0.3) is 0 Å². The Morgan fingerprint density at radius 1 is 1.24 bits per heavy atom. The molecule has 0 aromatic heterocycles. The van der Waals surface area contributed by atoms with Crippen LogP contribution in [0.15, 0.2) is 29.4 Å². The number of rotatable bonds is 1. The van der Waals surface area contributed by atoms with E-state index >= 15 is 0 Å². The Labute approximate surface area is 105 Å². The minimum atomic E-state index is 0.662. The van der Waals surface area contributed by atoms with Gasteiger partial charge in [0.05, 0.1) is 5.71 Å². The predicted octanol–water partition coefficient (Wildman–Crippen LogP) is 3.79. The van der Waals surface area contributed by atoms with Crippen molar-refractivity contribution in [1.82, 2.24) is 0 Å². The minimum absolute atomic E-state index is 0.662. The highest BCUT2D eigenvalue weighted by atomic mass is 35.5. The molecule has 0 radical (unpaired) electrons. The van der Waals surface area contributed by atoms with E-state index in [1.165, 1.54) is 16.5 Å². The fourth-order valence-electron chi connectivity index (χ4n) is 2.68. The second-order valence-electron chi connectivity index (χ2n) is 4.41. The molecule has 2 aromatic carbocycles. The average Bonchev–Trinajstić information content (AvgIpc) is 2.78. The molecule has 0 saturated heterocycles. The van der Waals surface area contributed by atoms with E-state index in [1.54, 1.807) is 0 Å². The molecular formula is C14H12ClNO. The quantitative estimate of drug-likeness (QED) is 0.463. The van der Waals surface area contributed by atoms with Crippen LogP contribution in [-0.2, 0) is 12.8 Å². The highest BCUT2D eigenvalue weighted by molar-refractivity contribution is 6.36. The van der Waals surface area contributed by atoms with Gasteiger partial charge in [0.2, 0.25) is 0 Å². The Morgan fingerprint density at radius 3 is 2.82 bits per heavy atom. The molecule has 0 amide bonds. The molecule has 1 N–H and O–H groups in total. The second-order valence-corrected chi connectivity index (χ2v) is 4.81. The number of oxime groups is 1. The molecule has 17 heavy (non-hydrogen) atoms. The fraction of sp³-hybridized carbons (Fsp3) is 0.214. The number of nitrogens with zero attached hydrogens (tertiary/aromatic N) is 1. The summed E-state index contributed by atoms with van der Waals surface area (Å²) in [5, 5.41) is 15.4. The van der Waals surface area contributed by atoms with Crippen LogP contribution in [0.2, 0.25) is 5.02 Å². The molecule has 0 spiro atoms. The fourth-order valence-corrected chi connectivity index (χ4v) is 2.90.